The molecule has 4 amide bonds. The third-order valence-corrected chi connectivity index (χ3v) is 10.9. The summed E-state index contributed by atoms with van der Waals surface area (Å²) in [6, 6.07) is 8.66. The molecule has 0 saturated carbocycles. The molecular weight excluding hydrogens is 678 g/mol. The van der Waals surface area contributed by atoms with Crippen LogP contribution in [0.3, 0.4) is 0 Å². The van der Waals surface area contributed by atoms with Gasteiger partial charge in [0.2, 0.25) is 11.8 Å². The van der Waals surface area contributed by atoms with E-state index in [0.717, 1.165) is 37.2 Å². The molecule has 15 heteroatoms. The Balaban J connectivity index is 1.17. The van der Waals surface area contributed by atoms with Crippen molar-refractivity contribution in [3.8, 4) is 0 Å². The molecule has 4 aliphatic rings. The Bertz CT molecular complexity index is 1560. The van der Waals surface area contributed by atoms with Crippen molar-refractivity contribution in [1.29, 1.82) is 0 Å². The van der Waals surface area contributed by atoms with E-state index in [0.29, 0.717) is 83.0 Å². The van der Waals surface area contributed by atoms with Crippen LogP contribution >= 0.6 is 0 Å². The van der Waals surface area contributed by atoms with Crippen LogP contribution in [0.25, 0.3) is 0 Å². The molecule has 0 unspecified atom stereocenters. The molecule has 4 heterocycles. The SMILES string of the molecule is Nc1c(C(F)(F)F)cc(C[C@@H](CC(=O)N2CCC(N3CCc4ccccc4NC3=O)CC2)C(=O)N2CCC(N3CCCC3)CC2)cc1C(F)(F)F. The minimum Gasteiger partial charge on any atom is -0.398 e. The first kappa shape index (κ1) is 36.8. The van der Waals surface area contributed by atoms with Crippen molar-refractivity contribution in [2.24, 2.45) is 5.92 Å². The van der Waals surface area contributed by atoms with E-state index in [1.165, 1.54) is 0 Å². The highest BCUT2D eigenvalue weighted by atomic mass is 19.4. The number of hydrogen-bond donors (Lipinski definition) is 2. The molecule has 0 radical (unpaired) electrons. The predicted molar refractivity (Wildman–Crippen MR) is 179 cm³/mol. The number of carbonyl (C=O) groups excluding carboxylic acids is 3. The maximum Gasteiger partial charge on any atom is 0.418 e. The summed E-state index contributed by atoms with van der Waals surface area (Å²) in [6.07, 6.45) is -5.92. The third-order valence-electron chi connectivity index (χ3n) is 10.9. The van der Waals surface area contributed by atoms with Gasteiger partial charge in [-0.3, -0.25) is 9.59 Å². The van der Waals surface area contributed by atoms with Gasteiger partial charge >= 0.3 is 18.4 Å². The number of halogens is 6. The van der Waals surface area contributed by atoms with Crippen molar-refractivity contribution < 1.29 is 40.7 Å². The normalized spacial score (nSPS) is 20.6. The molecule has 0 bridgehead atoms. The molecule has 4 aliphatic heterocycles. The first-order valence-electron chi connectivity index (χ1n) is 17.7. The van der Waals surface area contributed by atoms with Crippen molar-refractivity contribution in [1.82, 2.24) is 19.6 Å². The fourth-order valence-electron chi connectivity index (χ4n) is 8.15. The van der Waals surface area contributed by atoms with Gasteiger partial charge in [-0.05, 0) is 93.8 Å². The molecule has 0 aliphatic carbocycles. The first-order chi connectivity index (χ1) is 24.2. The van der Waals surface area contributed by atoms with Crippen molar-refractivity contribution in [2.45, 2.75) is 82.2 Å². The largest absolute Gasteiger partial charge is 0.418 e. The molecule has 3 fully saturated rings. The Hall–Kier alpha value is -4.01. The second-order valence-electron chi connectivity index (χ2n) is 14.1. The number of rotatable bonds is 7. The summed E-state index contributed by atoms with van der Waals surface area (Å²) in [5, 5.41) is 2.96. The lowest BCUT2D eigenvalue weighted by Gasteiger charge is -2.39. The van der Waals surface area contributed by atoms with Crippen molar-refractivity contribution in [3.63, 3.8) is 0 Å². The fourth-order valence-corrected chi connectivity index (χ4v) is 8.15. The number of piperidine rings is 2. The second-order valence-corrected chi connectivity index (χ2v) is 14.1. The number of fused-ring (bicyclic) bond motifs is 1. The second kappa shape index (κ2) is 14.9. The van der Waals surface area contributed by atoms with Crippen LogP contribution in [-0.4, -0.2) is 95.3 Å². The van der Waals surface area contributed by atoms with Gasteiger partial charge in [-0.2, -0.15) is 26.3 Å². The number of para-hydroxylation sites is 1. The van der Waals surface area contributed by atoms with E-state index in [9.17, 15) is 40.7 Å². The lowest BCUT2D eigenvalue weighted by atomic mass is 9.90. The van der Waals surface area contributed by atoms with Crippen LogP contribution in [0, 0.1) is 5.92 Å². The highest BCUT2D eigenvalue weighted by Crippen LogP contribution is 2.42. The molecular formula is C36H44F6N6O3. The van der Waals surface area contributed by atoms with Crippen molar-refractivity contribution in [2.75, 3.05) is 56.9 Å². The average Bonchev–Trinajstić information content (AvgIpc) is 3.58. The van der Waals surface area contributed by atoms with Gasteiger partial charge in [-0.1, -0.05) is 18.2 Å². The molecule has 3 N–H and O–H groups in total. The zero-order valence-corrected chi connectivity index (χ0v) is 28.4. The number of hydrogen-bond acceptors (Lipinski definition) is 5. The summed E-state index contributed by atoms with van der Waals surface area (Å²) in [5.41, 5.74) is 2.12. The van der Waals surface area contributed by atoms with E-state index >= 15 is 0 Å². The third kappa shape index (κ3) is 8.39. The van der Waals surface area contributed by atoms with Crippen LogP contribution < -0.4 is 11.1 Å². The van der Waals surface area contributed by atoms with Gasteiger partial charge in [0.15, 0.2) is 0 Å². The van der Waals surface area contributed by atoms with E-state index in [-0.39, 0.29) is 24.1 Å². The van der Waals surface area contributed by atoms with Gasteiger partial charge in [-0.25, -0.2) is 4.79 Å². The standard InChI is InChI=1S/C36H44F6N6O3/c37-35(38,39)28-20-23(21-29(32(28)43)36(40,41)42)19-25(33(50)47-16-8-26(9-17-47)45-12-3-4-13-45)22-31(49)46-14-10-27(11-15-46)48-18-7-24-5-1-2-6-30(24)44-34(48)51/h1-2,5-6,20-21,25-27H,3-4,7-19,22,43H2,(H,44,51)/t25-/m0/s1. The lowest BCUT2D eigenvalue weighted by molar-refractivity contribution is -0.143. The first-order valence-corrected chi connectivity index (χ1v) is 17.7. The van der Waals surface area contributed by atoms with E-state index in [1.54, 1.807) is 14.7 Å². The van der Waals surface area contributed by atoms with E-state index in [2.05, 4.69) is 10.2 Å². The zero-order valence-electron chi connectivity index (χ0n) is 28.4. The maximum atomic E-state index is 14.0. The van der Waals surface area contributed by atoms with E-state index in [1.807, 2.05) is 24.3 Å². The summed E-state index contributed by atoms with van der Waals surface area (Å²) < 4.78 is 83.2. The smallest absolute Gasteiger partial charge is 0.398 e. The topological polar surface area (TPSA) is 102 Å². The number of alkyl halides is 6. The minimum absolute atomic E-state index is 0.131. The number of nitrogens with zero attached hydrogens (tertiary/aromatic N) is 4. The molecule has 0 aromatic heterocycles. The molecule has 9 nitrogen and oxygen atoms in total. The number of benzene rings is 2. The lowest BCUT2D eigenvalue weighted by Crippen LogP contribution is -2.51. The van der Waals surface area contributed by atoms with Gasteiger partial charge in [0, 0.05) is 56.9 Å². The molecule has 51 heavy (non-hydrogen) atoms. The fraction of sp³-hybridized carbons (Fsp3) is 0.583. The molecule has 1 atom stereocenters. The molecule has 278 valence electrons. The average molecular weight is 723 g/mol. The van der Waals surface area contributed by atoms with Gasteiger partial charge in [-0.15, -0.1) is 0 Å². The quantitative estimate of drug-likeness (QED) is 0.269. The maximum absolute atomic E-state index is 14.0. The number of nitrogen functional groups attached to an aromatic ring is 1. The number of nitrogens with two attached hydrogens (primary N) is 1. The predicted octanol–water partition coefficient (Wildman–Crippen LogP) is 6.02. The minimum atomic E-state index is -5.16. The Labute approximate surface area is 293 Å². The van der Waals surface area contributed by atoms with Crippen LogP contribution in [0.5, 0.6) is 0 Å². The Morgan fingerprint density at radius 1 is 0.804 bits per heavy atom. The summed E-state index contributed by atoms with van der Waals surface area (Å²) in [6.45, 7) is 3.85. The Kier molecular flexibility index (Phi) is 10.8. The molecule has 2 aromatic rings. The van der Waals surface area contributed by atoms with Crippen molar-refractivity contribution >= 4 is 29.2 Å². The highest BCUT2D eigenvalue weighted by Gasteiger charge is 2.42. The summed E-state index contributed by atoms with van der Waals surface area (Å²) in [4.78, 5) is 48.2. The van der Waals surface area contributed by atoms with Gasteiger partial charge in [0.25, 0.3) is 0 Å². The Morgan fingerprint density at radius 2 is 1.37 bits per heavy atom. The number of anilines is 2. The van der Waals surface area contributed by atoms with Crippen LogP contribution in [-0.2, 0) is 34.8 Å². The van der Waals surface area contributed by atoms with Gasteiger partial charge < -0.3 is 30.7 Å². The number of likely N-dealkylation sites (tertiary alicyclic amines) is 3. The van der Waals surface area contributed by atoms with E-state index in [4.69, 9.17) is 5.73 Å². The van der Waals surface area contributed by atoms with Crippen LogP contribution in [0.15, 0.2) is 36.4 Å². The molecule has 2 aromatic carbocycles. The summed E-state index contributed by atoms with van der Waals surface area (Å²) >= 11 is 0. The van der Waals surface area contributed by atoms with Crippen LogP contribution in [0.1, 0.15) is 67.2 Å². The number of urea groups is 1. The van der Waals surface area contributed by atoms with Crippen molar-refractivity contribution in [3.05, 3.63) is 58.7 Å². The van der Waals surface area contributed by atoms with Crippen LogP contribution in [0.4, 0.5) is 42.5 Å². The van der Waals surface area contributed by atoms with Gasteiger partial charge in [0.1, 0.15) is 0 Å². The summed E-state index contributed by atoms with van der Waals surface area (Å²) in [5.74, 6) is -2.05. The Morgan fingerprint density at radius 3 is 1.98 bits per heavy atom. The monoisotopic (exact) mass is 722 g/mol. The number of amides is 4. The van der Waals surface area contributed by atoms with E-state index < -0.39 is 53.3 Å². The number of nitrogens with one attached hydrogen (secondary N) is 1. The number of carbonyl (C=O) groups is 3. The zero-order chi connectivity index (χ0) is 36.5. The molecule has 0 spiro atoms. The van der Waals surface area contributed by atoms with Crippen LogP contribution in [0.2, 0.25) is 0 Å². The molecule has 6 rings (SSSR count). The van der Waals surface area contributed by atoms with Gasteiger partial charge in [0.05, 0.1) is 22.7 Å². The molecule has 3 saturated heterocycles. The summed E-state index contributed by atoms with van der Waals surface area (Å²) in [7, 11) is 0. The highest BCUT2D eigenvalue weighted by molar-refractivity contribution is 5.91.